The van der Waals surface area contributed by atoms with E-state index in [9.17, 15) is 48.4 Å². The number of anilines is 2. The number of hydrogen-bond acceptors (Lipinski definition) is 26. The maximum Gasteiger partial charge on any atom is 0.472 e. The second-order valence-electron chi connectivity index (χ2n) is 24.2. The summed E-state index contributed by atoms with van der Waals surface area (Å²) in [7, 11) is -18.3. The van der Waals surface area contributed by atoms with Crippen LogP contribution in [-0.4, -0.2) is 202 Å². The van der Waals surface area contributed by atoms with Crippen LogP contribution < -0.4 is 27.8 Å². The number of imidazole rings is 1. The third-order valence-corrected chi connectivity index (χ3v) is 33.0. The van der Waals surface area contributed by atoms with Crippen LogP contribution in [0, 0.1) is 0 Å². The van der Waals surface area contributed by atoms with E-state index in [4.69, 9.17) is 62.2 Å². The fourth-order valence-corrected chi connectivity index (χ4v) is 21.3. The number of nitrogen functional groups attached to an aromatic ring is 2. The maximum atomic E-state index is 15.3. The van der Waals surface area contributed by atoms with Crippen LogP contribution in [0.1, 0.15) is 109 Å². The summed E-state index contributed by atoms with van der Waals surface area (Å²) in [5, 5.41) is 29.4. The Kier molecular flexibility index (Phi) is 26.9. The van der Waals surface area contributed by atoms with Crippen molar-refractivity contribution in [3.8, 4) is 0 Å². The van der Waals surface area contributed by atoms with Gasteiger partial charge in [0.05, 0.1) is 38.4 Å². The molecule has 2 amide bonds. The third-order valence-electron chi connectivity index (χ3n) is 17.6. The molecule has 6 rings (SSSR count). The number of esters is 1. The number of carbonyl (C=O) groups is 3. The van der Waals surface area contributed by atoms with E-state index in [1.807, 2.05) is 0 Å². The molecule has 3 aromatic rings. The van der Waals surface area contributed by atoms with Gasteiger partial charge in [0.25, 0.3) is 0 Å². The van der Waals surface area contributed by atoms with E-state index in [1.165, 1.54) is 30.8 Å². The van der Waals surface area contributed by atoms with Crippen LogP contribution in [0.25, 0.3) is 11.2 Å². The molecule has 0 aliphatic carbocycles. The van der Waals surface area contributed by atoms with Crippen molar-refractivity contribution in [3.05, 3.63) is 35.4 Å². The first kappa shape index (κ1) is 76.8. The lowest BCUT2D eigenvalue weighted by Gasteiger charge is -2.52. The second-order valence-corrected chi connectivity index (χ2v) is 41.1. The van der Waals surface area contributed by atoms with Crippen LogP contribution in [-0.2, 0) is 74.0 Å². The van der Waals surface area contributed by atoms with Gasteiger partial charge in [-0.25, -0.2) is 38.5 Å². The number of hydrogen-bond donors (Lipinski definition) is 9. The topological polar surface area (TPSA) is 452 Å². The van der Waals surface area contributed by atoms with Gasteiger partial charge in [-0.1, -0.05) is 62.3 Å². The zero-order chi connectivity index (χ0) is 68.5. The normalized spacial score (nSPS) is 27.1. The Hall–Kier alpha value is -4.25. The van der Waals surface area contributed by atoms with Crippen LogP contribution >= 0.6 is 15.6 Å². The number of carbonyl (C=O) groups excluding carboxylic acids is 3. The zero-order valence-electron chi connectivity index (χ0n) is 54.8. The van der Waals surface area contributed by atoms with E-state index in [0.717, 1.165) is 71.5 Å². The molecule has 1 unspecified atom stereocenters. The maximum absolute atomic E-state index is 15.3. The van der Waals surface area contributed by atoms with E-state index >= 15 is 4.79 Å². The average molecular weight is 1400 g/mol. The molecule has 38 heteroatoms. The van der Waals surface area contributed by atoms with Crippen molar-refractivity contribution in [1.82, 2.24) is 39.7 Å². The molecule has 0 saturated carbocycles. The van der Waals surface area contributed by atoms with E-state index in [-0.39, 0.29) is 29.4 Å². The number of amides is 2. The molecule has 3 aliphatic heterocycles. The molecule has 0 aromatic carbocycles. The summed E-state index contributed by atoms with van der Waals surface area (Å²) in [6.45, 7) is 24.4. The fourth-order valence-electron chi connectivity index (χ4n) is 11.7. The van der Waals surface area contributed by atoms with Gasteiger partial charge in [0.2, 0.25) is 5.91 Å². The number of aliphatic hydroxyl groups excluding tert-OH is 2. The first-order chi connectivity index (χ1) is 43.1. The van der Waals surface area contributed by atoms with Crippen LogP contribution in [0.15, 0.2) is 29.7 Å². The zero-order valence-corrected chi connectivity index (χ0v) is 59.6. The van der Waals surface area contributed by atoms with Crippen LogP contribution in [0.2, 0.25) is 54.4 Å². The molecule has 522 valence electrons. The van der Waals surface area contributed by atoms with Crippen molar-refractivity contribution in [2.75, 3.05) is 31.3 Å². The van der Waals surface area contributed by atoms with Crippen molar-refractivity contribution >= 4 is 81.4 Å². The minimum Gasteiger partial charge on any atom is -0.455 e. The number of alkyl carbamates (subject to hydrolysis) is 1. The molecule has 3 fully saturated rings. The SMILES string of the molecule is CC[Si](CC)(CC)OC[C@H]1O[C@H](O[C@H](C)[C@H](NC(=O)OC(C)(C)C)C(=O)O[C@H]2[C@@H](O)[C@H](n3cnc4c(N)ncnc43)O[C@@H]2COP(=O)(O)O[C@H]2[C@@H](O)[C@H](n3ccc(N)nc3=O)O[C@@H]2COP(=O)(O)O)[C@H](NC(C)=O)[C@@H](O[Si](CC)(CC)CC)[C@H]1O[Si](CC)(CC)CC. The summed E-state index contributed by atoms with van der Waals surface area (Å²) in [6, 6.07) is 5.11. The van der Waals surface area contributed by atoms with Gasteiger partial charge in [-0.2, -0.15) is 4.98 Å². The Labute approximate surface area is 538 Å². The van der Waals surface area contributed by atoms with Gasteiger partial charge in [-0.15, -0.1) is 0 Å². The lowest BCUT2D eigenvalue weighted by Crippen LogP contribution is -2.70. The largest absolute Gasteiger partial charge is 0.472 e. The second kappa shape index (κ2) is 32.2. The number of aromatic nitrogens is 6. The lowest BCUT2D eigenvalue weighted by atomic mass is 9.96. The Bertz CT molecular complexity index is 3080. The first-order valence-electron chi connectivity index (χ1n) is 31.2. The molecule has 0 bridgehead atoms. The standard InChI is InChI=1S/C54H96N10O23P2Si3/c1-15-90(16-2,17-3)78-28-35-44(86-91(18-4,19-5)20-6)45(87-92(21-7,22-8)23-9)38(60-32(11)65)51(82-35)79-31(10)37(62-53(70)84-54(12,13)14)50(68)83-42-33(80-49(40(42)66)64-30-59-39-46(56)57-29-58-47(39)64)27-77-89(74,75)85-43-34(26-76-88(71,72)73)81-48(41(43)67)63-25-24-36(55)61-52(63)69/h24-25,29-31,33-35,37-38,40-45,48-49,51,66-67H,15-23,26-28H2,1-14H3,(H,60,65)(H,62,70)(H,74,75)(H2,55,61,69)(H2,56,57,58)(H2,71,72,73)/t31-,33-,34-,35-,37+,38-,40-,41-,42-,43-,44+,45-,48-,49-,51+/m1/s1. The quantitative estimate of drug-likeness (QED) is 0.0228. The number of phosphoric ester groups is 2. The number of phosphoric acid groups is 2. The molecule has 3 aromatic heterocycles. The minimum atomic E-state index is -5.59. The number of fused-ring (bicyclic) bond motifs is 1. The predicted molar refractivity (Wildman–Crippen MR) is 338 cm³/mol. The van der Waals surface area contributed by atoms with Gasteiger partial charge < -0.3 is 88.7 Å². The molecular formula is C54H96N10O23P2Si3. The molecule has 0 spiro atoms. The van der Waals surface area contributed by atoms with Crippen molar-refractivity contribution in [3.63, 3.8) is 0 Å². The van der Waals surface area contributed by atoms with Crippen molar-refractivity contribution in [2.45, 2.75) is 249 Å². The molecule has 6 heterocycles. The molecule has 3 saturated heterocycles. The highest BCUT2D eigenvalue weighted by molar-refractivity contribution is 7.47. The summed E-state index contributed by atoms with van der Waals surface area (Å²) in [4.78, 5) is 102. The van der Waals surface area contributed by atoms with E-state index in [0.29, 0.717) is 0 Å². The number of nitrogens with two attached hydrogens (primary N) is 2. The van der Waals surface area contributed by atoms with Crippen LogP contribution in [0.3, 0.4) is 0 Å². The Balaban J connectivity index is 1.41. The Morgan fingerprint density at radius 1 is 0.728 bits per heavy atom. The van der Waals surface area contributed by atoms with Gasteiger partial charge in [-0.05, 0) is 88.2 Å². The van der Waals surface area contributed by atoms with E-state index in [2.05, 4.69) is 97.4 Å². The summed E-state index contributed by atoms with van der Waals surface area (Å²) >= 11 is 0. The summed E-state index contributed by atoms with van der Waals surface area (Å²) in [6.07, 6.45) is -18.1. The number of nitrogens with zero attached hydrogens (tertiary/aromatic N) is 6. The van der Waals surface area contributed by atoms with Crippen LogP contribution in [0.4, 0.5) is 16.4 Å². The fraction of sp³-hybridized carbons (Fsp3) is 0.778. The van der Waals surface area contributed by atoms with Crippen LogP contribution in [0.5, 0.6) is 0 Å². The number of ether oxygens (including phenoxy) is 6. The van der Waals surface area contributed by atoms with Gasteiger partial charge >= 0.3 is 33.4 Å². The van der Waals surface area contributed by atoms with Crippen molar-refractivity contribution < 1.29 is 104 Å². The molecular weight excluding hydrogens is 1300 g/mol. The molecule has 11 N–H and O–H groups in total. The van der Waals surface area contributed by atoms with Gasteiger partial charge in [0.1, 0.15) is 72.0 Å². The monoisotopic (exact) mass is 1400 g/mol. The predicted octanol–water partition coefficient (Wildman–Crippen LogP) is 4.62. The highest BCUT2D eigenvalue weighted by Gasteiger charge is 2.56. The highest BCUT2D eigenvalue weighted by Crippen LogP contribution is 2.50. The summed E-state index contributed by atoms with van der Waals surface area (Å²) in [5.74, 6) is -2.03. The first-order valence-corrected chi connectivity index (χ1v) is 41.8. The smallest absolute Gasteiger partial charge is 0.455 e. The number of rotatable bonds is 33. The van der Waals surface area contributed by atoms with Gasteiger partial charge in [0, 0.05) is 13.1 Å². The molecule has 33 nitrogen and oxygen atoms in total. The number of aliphatic hydroxyl groups is 2. The lowest BCUT2D eigenvalue weighted by molar-refractivity contribution is -0.276. The molecule has 3 aliphatic rings. The van der Waals surface area contributed by atoms with Crippen molar-refractivity contribution in [2.24, 2.45) is 0 Å². The molecule has 0 radical (unpaired) electrons. The minimum absolute atomic E-state index is 0.0235. The van der Waals surface area contributed by atoms with Gasteiger partial charge in [0.15, 0.2) is 67.3 Å². The Morgan fingerprint density at radius 2 is 1.26 bits per heavy atom. The average Bonchev–Trinajstić information content (AvgIpc) is 1.30. The van der Waals surface area contributed by atoms with E-state index in [1.54, 1.807) is 20.8 Å². The van der Waals surface area contributed by atoms with E-state index < -0.39 is 175 Å². The summed E-state index contributed by atoms with van der Waals surface area (Å²) < 4.78 is 103. The third kappa shape index (κ3) is 18.9. The van der Waals surface area contributed by atoms with Gasteiger partial charge in [-0.3, -0.25) is 27.5 Å². The van der Waals surface area contributed by atoms with Crippen molar-refractivity contribution in [1.29, 1.82) is 0 Å². The molecule has 16 atom stereocenters. The highest BCUT2D eigenvalue weighted by atomic mass is 31.2. The molecule has 92 heavy (non-hydrogen) atoms. The Morgan fingerprint density at radius 3 is 1.80 bits per heavy atom. The number of nitrogens with one attached hydrogen (secondary N) is 2. The summed E-state index contributed by atoms with van der Waals surface area (Å²) in [5.41, 5.74) is 9.66.